The zero-order valence-corrected chi connectivity index (χ0v) is 13.5. The second-order valence-electron chi connectivity index (χ2n) is 5.06. The molecule has 2 N–H and O–H groups in total. The van der Waals surface area contributed by atoms with E-state index in [-0.39, 0.29) is 5.91 Å². The van der Waals surface area contributed by atoms with Gasteiger partial charge in [-0.15, -0.1) is 6.58 Å². The van der Waals surface area contributed by atoms with E-state index < -0.39 is 12.1 Å². The lowest BCUT2D eigenvalue weighted by Crippen LogP contribution is -2.35. The Kier molecular flexibility index (Phi) is 6.19. The number of hydrogen-bond acceptors (Lipinski definition) is 5. The topological polar surface area (TPSA) is 80.6 Å². The third kappa shape index (κ3) is 4.74. The van der Waals surface area contributed by atoms with Crippen LogP contribution in [0.3, 0.4) is 0 Å². The number of carbonyl (C=O) groups excluding carboxylic acids is 2. The predicted molar refractivity (Wildman–Crippen MR) is 90.6 cm³/mol. The van der Waals surface area contributed by atoms with Crippen molar-refractivity contribution in [1.82, 2.24) is 5.32 Å². The Labute approximate surface area is 140 Å². The van der Waals surface area contributed by atoms with E-state index in [4.69, 9.17) is 9.15 Å². The monoisotopic (exact) mass is 328 g/mol. The first kappa shape index (κ1) is 17.3. The Hall–Kier alpha value is -3.02. The fourth-order valence-corrected chi connectivity index (χ4v) is 2.00. The molecule has 0 aliphatic rings. The molecule has 0 aliphatic carbocycles. The molecule has 0 bridgehead atoms. The standard InChI is InChI=1S/C18H20N2O4/c1-3-10-19-17(21)13(2)24-18(22)15-8-4-5-9-16(15)20-12-14-7-6-11-23-14/h3-9,11,13,20H,1,10,12H2,2H3,(H,19,21)/t13-/m1/s1. The second kappa shape index (κ2) is 8.57. The van der Waals surface area contributed by atoms with Gasteiger partial charge in [0, 0.05) is 12.2 Å². The minimum atomic E-state index is -0.893. The van der Waals surface area contributed by atoms with Crippen molar-refractivity contribution in [3.8, 4) is 0 Å². The highest BCUT2D eigenvalue weighted by Crippen LogP contribution is 2.18. The molecule has 0 unspecified atom stereocenters. The smallest absolute Gasteiger partial charge is 0.341 e. The second-order valence-corrected chi connectivity index (χ2v) is 5.06. The first-order chi connectivity index (χ1) is 11.6. The van der Waals surface area contributed by atoms with E-state index >= 15 is 0 Å². The zero-order valence-electron chi connectivity index (χ0n) is 13.5. The lowest BCUT2D eigenvalue weighted by molar-refractivity contribution is -0.128. The van der Waals surface area contributed by atoms with Crippen LogP contribution in [0, 0.1) is 0 Å². The van der Waals surface area contributed by atoms with Crippen LogP contribution in [0.2, 0.25) is 0 Å². The Balaban J connectivity index is 2.00. The number of rotatable bonds is 8. The van der Waals surface area contributed by atoms with Crippen LogP contribution in [-0.2, 0) is 16.1 Å². The molecule has 0 radical (unpaired) electrons. The van der Waals surface area contributed by atoms with Gasteiger partial charge in [-0.1, -0.05) is 18.2 Å². The number of nitrogens with one attached hydrogen (secondary N) is 2. The summed E-state index contributed by atoms with van der Waals surface area (Å²) < 4.78 is 10.5. The van der Waals surface area contributed by atoms with E-state index in [1.807, 2.05) is 12.1 Å². The molecule has 6 heteroatoms. The summed E-state index contributed by atoms with van der Waals surface area (Å²) in [5.74, 6) is -0.196. The van der Waals surface area contributed by atoms with Crippen LogP contribution in [0.4, 0.5) is 5.69 Å². The highest BCUT2D eigenvalue weighted by molar-refractivity contribution is 5.97. The molecule has 0 spiro atoms. The van der Waals surface area contributed by atoms with Crippen molar-refractivity contribution in [2.45, 2.75) is 19.6 Å². The van der Waals surface area contributed by atoms with Crippen LogP contribution in [0.25, 0.3) is 0 Å². The summed E-state index contributed by atoms with van der Waals surface area (Å²) in [4.78, 5) is 24.1. The fourth-order valence-electron chi connectivity index (χ4n) is 2.00. The number of amides is 1. The van der Waals surface area contributed by atoms with Crippen molar-refractivity contribution >= 4 is 17.6 Å². The van der Waals surface area contributed by atoms with Crippen LogP contribution in [-0.4, -0.2) is 24.5 Å². The van der Waals surface area contributed by atoms with Gasteiger partial charge in [-0.25, -0.2) is 4.79 Å². The van der Waals surface area contributed by atoms with Crippen molar-refractivity contribution in [3.63, 3.8) is 0 Å². The number of furan rings is 1. The molecule has 6 nitrogen and oxygen atoms in total. The predicted octanol–water partition coefficient (Wildman–Crippen LogP) is 2.74. The lowest BCUT2D eigenvalue weighted by Gasteiger charge is -2.15. The van der Waals surface area contributed by atoms with Crippen LogP contribution < -0.4 is 10.6 Å². The highest BCUT2D eigenvalue weighted by Gasteiger charge is 2.20. The Morgan fingerprint density at radius 2 is 2.08 bits per heavy atom. The van der Waals surface area contributed by atoms with E-state index in [1.54, 1.807) is 36.6 Å². The van der Waals surface area contributed by atoms with Gasteiger partial charge in [0.15, 0.2) is 6.10 Å². The maximum atomic E-state index is 12.3. The number of para-hydroxylation sites is 1. The summed E-state index contributed by atoms with van der Waals surface area (Å²) in [6.07, 6.45) is 2.25. The molecule has 1 amide bonds. The lowest BCUT2D eigenvalue weighted by atomic mass is 10.1. The molecule has 2 aromatic rings. The Morgan fingerprint density at radius 1 is 1.29 bits per heavy atom. The summed E-state index contributed by atoms with van der Waals surface area (Å²) >= 11 is 0. The number of ether oxygens (including phenoxy) is 1. The summed E-state index contributed by atoms with van der Waals surface area (Å²) in [5, 5.41) is 5.71. The third-order valence-corrected chi connectivity index (χ3v) is 3.25. The summed E-state index contributed by atoms with van der Waals surface area (Å²) in [6, 6.07) is 10.6. The van der Waals surface area contributed by atoms with Gasteiger partial charge >= 0.3 is 5.97 Å². The van der Waals surface area contributed by atoms with E-state index in [2.05, 4.69) is 17.2 Å². The molecular weight excluding hydrogens is 308 g/mol. The van der Waals surface area contributed by atoms with Crippen molar-refractivity contribution in [1.29, 1.82) is 0 Å². The van der Waals surface area contributed by atoms with E-state index in [9.17, 15) is 9.59 Å². The number of carbonyl (C=O) groups is 2. The molecule has 2 rings (SSSR count). The molecule has 1 heterocycles. The summed E-state index contributed by atoms with van der Waals surface area (Å²) in [7, 11) is 0. The van der Waals surface area contributed by atoms with Gasteiger partial charge in [-0.3, -0.25) is 4.79 Å². The summed E-state index contributed by atoms with van der Waals surface area (Å²) in [5.41, 5.74) is 0.963. The number of hydrogen-bond donors (Lipinski definition) is 2. The molecule has 1 atom stereocenters. The van der Waals surface area contributed by atoms with Crippen LogP contribution in [0.1, 0.15) is 23.0 Å². The van der Waals surface area contributed by atoms with Crippen molar-refractivity contribution < 1.29 is 18.7 Å². The highest BCUT2D eigenvalue weighted by atomic mass is 16.5. The summed E-state index contributed by atoms with van der Waals surface area (Å²) in [6.45, 7) is 5.80. The van der Waals surface area contributed by atoms with Crippen molar-refractivity contribution in [3.05, 3.63) is 66.6 Å². The average molecular weight is 328 g/mol. The fraction of sp³-hybridized carbons (Fsp3) is 0.222. The maximum absolute atomic E-state index is 12.3. The van der Waals surface area contributed by atoms with Gasteiger partial charge in [0.25, 0.3) is 5.91 Å². The van der Waals surface area contributed by atoms with Crippen LogP contribution in [0.5, 0.6) is 0 Å². The molecule has 0 fully saturated rings. The molecule has 1 aromatic carbocycles. The third-order valence-electron chi connectivity index (χ3n) is 3.25. The normalized spacial score (nSPS) is 11.4. The van der Waals surface area contributed by atoms with Gasteiger partial charge < -0.3 is 19.8 Å². The Morgan fingerprint density at radius 3 is 2.79 bits per heavy atom. The van der Waals surface area contributed by atoms with E-state index in [1.165, 1.54) is 6.92 Å². The van der Waals surface area contributed by atoms with Crippen molar-refractivity contribution in [2.75, 3.05) is 11.9 Å². The largest absolute Gasteiger partial charge is 0.467 e. The molecule has 126 valence electrons. The van der Waals surface area contributed by atoms with E-state index in [0.29, 0.717) is 24.3 Å². The molecule has 1 aromatic heterocycles. The first-order valence-electron chi connectivity index (χ1n) is 7.56. The number of anilines is 1. The average Bonchev–Trinajstić information content (AvgIpc) is 3.11. The van der Waals surface area contributed by atoms with E-state index in [0.717, 1.165) is 5.76 Å². The van der Waals surface area contributed by atoms with Gasteiger partial charge in [0.1, 0.15) is 5.76 Å². The minimum Gasteiger partial charge on any atom is -0.467 e. The quantitative estimate of drug-likeness (QED) is 0.575. The van der Waals surface area contributed by atoms with Crippen LogP contribution in [0.15, 0.2) is 59.7 Å². The first-order valence-corrected chi connectivity index (χ1v) is 7.56. The molecule has 24 heavy (non-hydrogen) atoms. The maximum Gasteiger partial charge on any atom is 0.341 e. The number of benzene rings is 1. The SMILES string of the molecule is C=CCNC(=O)[C@@H](C)OC(=O)c1ccccc1NCc1ccco1. The molecule has 0 saturated heterocycles. The molecule has 0 saturated carbocycles. The van der Waals surface area contributed by atoms with Gasteiger partial charge in [-0.05, 0) is 31.2 Å². The minimum absolute atomic E-state index is 0.321. The Bertz CT molecular complexity index is 695. The molecule has 0 aliphatic heterocycles. The number of esters is 1. The van der Waals surface area contributed by atoms with Gasteiger partial charge in [-0.2, -0.15) is 0 Å². The van der Waals surface area contributed by atoms with Crippen molar-refractivity contribution in [2.24, 2.45) is 0 Å². The molecular formula is C18H20N2O4. The zero-order chi connectivity index (χ0) is 17.4. The van der Waals surface area contributed by atoms with Crippen LogP contribution >= 0.6 is 0 Å². The van der Waals surface area contributed by atoms with Gasteiger partial charge in [0.2, 0.25) is 0 Å². The van der Waals surface area contributed by atoms with Gasteiger partial charge in [0.05, 0.1) is 18.4 Å².